The van der Waals surface area contributed by atoms with E-state index in [9.17, 15) is 0 Å². The Morgan fingerprint density at radius 2 is 1.67 bits per heavy atom. The quantitative estimate of drug-likeness (QED) is 0.588. The molecule has 0 rings (SSSR count). The molecule has 1 atom stereocenters. The van der Waals surface area contributed by atoms with Crippen LogP contribution in [-0.2, 0) is 4.74 Å². The van der Waals surface area contributed by atoms with Gasteiger partial charge in [0.15, 0.2) is 0 Å². The molecule has 0 aliphatic heterocycles. The van der Waals surface area contributed by atoms with Gasteiger partial charge in [0.25, 0.3) is 0 Å². The summed E-state index contributed by atoms with van der Waals surface area (Å²) in [6.07, 6.45) is 0. The summed E-state index contributed by atoms with van der Waals surface area (Å²) in [5, 5.41) is 0. The third kappa shape index (κ3) is 5.84. The van der Waals surface area contributed by atoms with Gasteiger partial charge in [0.2, 0.25) is 0 Å². The zero-order valence-electron chi connectivity index (χ0n) is 8.64. The van der Waals surface area contributed by atoms with Crippen LogP contribution >= 0.6 is 11.6 Å². The molecule has 0 radical (unpaired) electrons. The molecular weight excluding hydrogens is 172 g/mol. The van der Waals surface area contributed by atoms with Crippen LogP contribution in [0.3, 0.4) is 0 Å². The zero-order valence-corrected chi connectivity index (χ0v) is 9.40. The van der Waals surface area contributed by atoms with Crippen molar-refractivity contribution in [3.05, 3.63) is 0 Å². The predicted octanol–water partition coefficient (Wildman–Crippen LogP) is 3.17. The molecule has 0 heterocycles. The summed E-state index contributed by atoms with van der Waals surface area (Å²) in [5.41, 5.74) is 0. The fraction of sp³-hybridized carbons (Fsp3) is 1.00. The number of hydrogen-bond acceptors (Lipinski definition) is 1. The predicted molar refractivity (Wildman–Crippen MR) is 54.7 cm³/mol. The topological polar surface area (TPSA) is 9.23 Å². The van der Waals surface area contributed by atoms with Gasteiger partial charge in [0.05, 0.1) is 6.61 Å². The number of alkyl halides is 1. The second-order valence-corrected chi connectivity index (χ2v) is 4.40. The summed E-state index contributed by atoms with van der Waals surface area (Å²) >= 11 is 5.80. The van der Waals surface area contributed by atoms with E-state index in [1.165, 1.54) is 0 Å². The minimum atomic E-state index is 0.505. The monoisotopic (exact) mass is 192 g/mol. The average Bonchev–Trinajstić information content (AvgIpc) is 1.96. The van der Waals surface area contributed by atoms with E-state index >= 15 is 0 Å². The van der Waals surface area contributed by atoms with Crippen LogP contribution in [0, 0.1) is 17.8 Å². The van der Waals surface area contributed by atoms with Gasteiger partial charge < -0.3 is 4.74 Å². The van der Waals surface area contributed by atoms with Gasteiger partial charge in [-0.15, -0.1) is 11.6 Å². The molecular formula is C10H21ClO. The van der Waals surface area contributed by atoms with Crippen molar-refractivity contribution in [1.29, 1.82) is 0 Å². The highest BCUT2D eigenvalue weighted by molar-refractivity contribution is 6.18. The van der Waals surface area contributed by atoms with Crippen LogP contribution in [-0.4, -0.2) is 19.1 Å². The molecule has 0 fully saturated rings. The van der Waals surface area contributed by atoms with Crippen LogP contribution in [0.4, 0.5) is 0 Å². The molecule has 1 unspecified atom stereocenters. The van der Waals surface area contributed by atoms with Crippen molar-refractivity contribution in [3.63, 3.8) is 0 Å². The van der Waals surface area contributed by atoms with E-state index in [4.69, 9.17) is 16.3 Å². The fourth-order valence-corrected chi connectivity index (χ4v) is 1.32. The van der Waals surface area contributed by atoms with Crippen molar-refractivity contribution >= 4 is 11.6 Å². The Labute approximate surface area is 81.4 Å². The molecule has 0 saturated carbocycles. The first-order valence-corrected chi connectivity index (χ1v) is 5.25. The van der Waals surface area contributed by atoms with Crippen LogP contribution in [0.1, 0.15) is 27.7 Å². The Bertz CT molecular complexity index is 102. The standard InChI is InChI=1S/C10H21ClO/c1-8(2)6-12-7-10(5-11)9(3)4/h8-10H,5-7H2,1-4H3. The van der Waals surface area contributed by atoms with Crippen molar-refractivity contribution in [2.45, 2.75) is 27.7 Å². The Hall–Kier alpha value is 0.250. The SMILES string of the molecule is CC(C)COCC(CCl)C(C)C. The van der Waals surface area contributed by atoms with Gasteiger partial charge in [-0.1, -0.05) is 27.7 Å². The summed E-state index contributed by atoms with van der Waals surface area (Å²) in [4.78, 5) is 0. The third-order valence-electron chi connectivity index (χ3n) is 1.92. The molecule has 74 valence electrons. The minimum absolute atomic E-state index is 0.505. The Morgan fingerprint density at radius 1 is 1.08 bits per heavy atom. The molecule has 0 aromatic carbocycles. The Kier molecular flexibility index (Phi) is 6.87. The number of ether oxygens (including phenoxy) is 1. The molecule has 0 amide bonds. The normalized spacial score (nSPS) is 14.2. The summed E-state index contributed by atoms with van der Waals surface area (Å²) < 4.78 is 5.52. The lowest BCUT2D eigenvalue weighted by Gasteiger charge is -2.18. The number of halogens is 1. The lowest BCUT2D eigenvalue weighted by atomic mass is 9.99. The van der Waals surface area contributed by atoms with Gasteiger partial charge in [-0.05, 0) is 17.8 Å². The van der Waals surface area contributed by atoms with Crippen LogP contribution in [0.15, 0.2) is 0 Å². The summed E-state index contributed by atoms with van der Waals surface area (Å²) in [6, 6.07) is 0. The molecule has 2 heteroatoms. The van der Waals surface area contributed by atoms with Crippen LogP contribution in [0.2, 0.25) is 0 Å². The Morgan fingerprint density at radius 3 is 2.00 bits per heavy atom. The van der Waals surface area contributed by atoms with E-state index in [1.54, 1.807) is 0 Å². The number of rotatable bonds is 6. The lowest BCUT2D eigenvalue weighted by molar-refractivity contribution is 0.0725. The van der Waals surface area contributed by atoms with Crippen LogP contribution in [0.25, 0.3) is 0 Å². The maximum absolute atomic E-state index is 5.80. The van der Waals surface area contributed by atoms with E-state index in [2.05, 4.69) is 27.7 Å². The Balaban J connectivity index is 3.45. The highest BCUT2D eigenvalue weighted by Gasteiger charge is 2.11. The molecule has 0 aliphatic rings. The van der Waals surface area contributed by atoms with Gasteiger partial charge >= 0.3 is 0 Å². The van der Waals surface area contributed by atoms with Crippen LogP contribution in [0.5, 0.6) is 0 Å². The second-order valence-electron chi connectivity index (χ2n) is 4.09. The van der Waals surface area contributed by atoms with E-state index in [-0.39, 0.29) is 0 Å². The van der Waals surface area contributed by atoms with Gasteiger partial charge in [0, 0.05) is 12.5 Å². The molecule has 1 nitrogen and oxygen atoms in total. The van der Waals surface area contributed by atoms with E-state index < -0.39 is 0 Å². The van der Waals surface area contributed by atoms with Crippen molar-refractivity contribution in [1.82, 2.24) is 0 Å². The molecule has 0 bridgehead atoms. The molecule has 0 N–H and O–H groups in total. The van der Waals surface area contributed by atoms with E-state index in [1.807, 2.05) is 0 Å². The lowest BCUT2D eigenvalue weighted by Crippen LogP contribution is -2.19. The number of hydrogen-bond donors (Lipinski definition) is 0. The largest absolute Gasteiger partial charge is 0.381 e. The van der Waals surface area contributed by atoms with Crippen molar-refractivity contribution in [2.24, 2.45) is 17.8 Å². The molecule has 0 aliphatic carbocycles. The third-order valence-corrected chi connectivity index (χ3v) is 2.32. The summed E-state index contributed by atoms with van der Waals surface area (Å²) in [7, 11) is 0. The first kappa shape index (κ1) is 12.2. The first-order chi connectivity index (χ1) is 5.57. The summed E-state index contributed by atoms with van der Waals surface area (Å²) in [5.74, 6) is 2.45. The average molecular weight is 193 g/mol. The first-order valence-electron chi connectivity index (χ1n) is 4.71. The molecule has 0 aromatic heterocycles. The highest BCUT2D eigenvalue weighted by atomic mass is 35.5. The second kappa shape index (κ2) is 6.73. The fourth-order valence-electron chi connectivity index (χ4n) is 0.870. The van der Waals surface area contributed by atoms with Gasteiger partial charge in [0.1, 0.15) is 0 Å². The minimum Gasteiger partial charge on any atom is -0.381 e. The van der Waals surface area contributed by atoms with Gasteiger partial charge in [-0.3, -0.25) is 0 Å². The van der Waals surface area contributed by atoms with E-state index in [0.717, 1.165) is 13.2 Å². The maximum Gasteiger partial charge on any atom is 0.0508 e. The highest BCUT2D eigenvalue weighted by Crippen LogP contribution is 2.13. The smallest absolute Gasteiger partial charge is 0.0508 e. The van der Waals surface area contributed by atoms with Gasteiger partial charge in [-0.25, -0.2) is 0 Å². The maximum atomic E-state index is 5.80. The summed E-state index contributed by atoms with van der Waals surface area (Å²) in [6.45, 7) is 10.3. The van der Waals surface area contributed by atoms with Crippen molar-refractivity contribution < 1.29 is 4.74 Å². The molecule has 0 aromatic rings. The molecule has 12 heavy (non-hydrogen) atoms. The van der Waals surface area contributed by atoms with Gasteiger partial charge in [-0.2, -0.15) is 0 Å². The molecule has 0 saturated heterocycles. The van der Waals surface area contributed by atoms with Crippen molar-refractivity contribution in [3.8, 4) is 0 Å². The molecule has 0 spiro atoms. The van der Waals surface area contributed by atoms with E-state index in [0.29, 0.717) is 23.6 Å². The van der Waals surface area contributed by atoms with Crippen LogP contribution < -0.4 is 0 Å². The zero-order chi connectivity index (χ0) is 9.56. The van der Waals surface area contributed by atoms with Crippen molar-refractivity contribution in [2.75, 3.05) is 19.1 Å².